The van der Waals surface area contributed by atoms with Gasteiger partial charge in [-0.2, -0.15) is 13.2 Å². The molecule has 10 heteroatoms. The van der Waals surface area contributed by atoms with E-state index in [0.29, 0.717) is 47.3 Å². The molecular formula is C31H34ClF3N4O2. The number of fused-ring (bicyclic) bond motifs is 1. The highest BCUT2D eigenvalue weighted by Crippen LogP contribution is 2.37. The molecule has 0 radical (unpaired) electrons. The molecule has 2 saturated carbocycles. The molecule has 1 aromatic heterocycles. The van der Waals surface area contributed by atoms with Gasteiger partial charge in [0.1, 0.15) is 5.69 Å². The second kappa shape index (κ2) is 12.3. The number of anilines is 1. The van der Waals surface area contributed by atoms with Crippen LogP contribution < -0.4 is 15.5 Å². The van der Waals surface area contributed by atoms with Crippen molar-refractivity contribution >= 4 is 40.0 Å². The van der Waals surface area contributed by atoms with Gasteiger partial charge in [0.25, 0.3) is 5.91 Å². The molecule has 3 aromatic rings. The molecule has 2 aliphatic carbocycles. The number of nitrogens with zero attached hydrogens (tertiary/aromatic N) is 2. The van der Waals surface area contributed by atoms with Crippen molar-refractivity contribution in [2.75, 3.05) is 11.9 Å². The zero-order chi connectivity index (χ0) is 29.1. The zero-order valence-corrected chi connectivity index (χ0v) is 23.6. The first-order valence-corrected chi connectivity index (χ1v) is 14.5. The monoisotopic (exact) mass is 586 g/mol. The van der Waals surface area contributed by atoms with Crippen LogP contribution in [0.3, 0.4) is 0 Å². The third-order valence-corrected chi connectivity index (χ3v) is 8.70. The van der Waals surface area contributed by atoms with Gasteiger partial charge in [-0.1, -0.05) is 42.6 Å². The molecule has 2 atom stereocenters. The van der Waals surface area contributed by atoms with Gasteiger partial charge in [-0.25, -0.2) is 4.98 Å². The minimum Gasteiger partial charge on any atom is -0.371 e. The first-order valence-electron chi connectivity index (χ1n) is 14.2. The van der Waals surface area contributed by atoms with Gasteiger partial charge in [-0.15, -0.1) is 0 Å². The lowest BCUT2D eigenvalue weighted by atomic mass is 9.82. The molecule has 0 unspecified atom stereocenters. The molecule has 0 aliphatic heterocycles. The third-order valence-electron chi connectivity index (χ3n) is 8.47. The number of alkyl halides is 3. The van der Waals surface area contributed by atoms with E-state index in [1.165, 1.54) is 6.07 Å². The maximum Gasteiger partial charge on any atom is 0.433 e. The van der Waals surface area contributed by atoms with Crippen molar-refractivity contribution in [3.8, 4) is 0 Å². The highest BCUT2D eigenvalue weighted by molar-refractivity contribution is 6.31. The van der Waals surface area contributed by atoms with E-state index in [4.69, 9.17) is 11.6 Å². The molecule has 218 valence electrons. The molecule has 2 aromatic carbocycles. The summed E-state index contributed by atoms with van der Waals surface area (Å²) in [5, 5.41) is 7.29. The normalized spacial score (nSPS) is 23.1. The van der Waals surface area contributed by atoms with Gasteiger partial charge in [0.2, 0.25) is 5.91 Å². The Morgan fingerprint density at radius 3 is 2.34 bits per heavy atom. The van der Waals surface area contributed by atoms with E-state index >= 15 is 0 Å². The van der Waals surface area contributed by atoms with Crippen molar-refractivity contribution in [2.24, 2.45) is 5.92 Å². The summed E-state index contributed by atoms with van der Waals surface area (Å²) >= 11 is 6.18. The van der Waals surface area contributed by atoms with Crippen molar-refractivity contribution in [1.29, 1.82) is 0 Å². The second-order valence-electron chi connectivity index (χ2n) is 11.1. The van der Waals surface area contributed by atoms with Crippen LogP contribution in [-0.4, -0.2) is 42.0 Å². The first-order chi connectivity index (χ1) is 19.6. The van der Waals surface area contributed by atoms with Crippen molar-refractivity contribution in [1.82, 2.24) is 15.6 Å². The van der Waals surface area contributed by atoms with Crippen LogP contribution in [0.15, 0.2) is 54.6 Å². The average Bonchev–Trinajstić information content (AvgIpc) is 2.97. The van der Waals surface area contributed by atoms with Crippen LogP contribution in [0.1, 0.15) is 67.4 Å². The molecule has 0 spiro atoms. The van der Waals surface area contributed by atoms with E-state index in [9.17, 15) is 22.8 Å². The molecule has 1 heterocycles. The van der Waals surface area contributed by atoms with Gasteiger partial charge < -0.3 is 15.5 Å². The van der Waals surface area contributed by atoms with Crippen molar-refractivity contribution in [3.05, 3.63) is 70.9 Å². The molecule has 6 nitrogen and oxygen atoms in total. The Morgan fingerprint density at radius 2 is 1.63 bits per heavy atom. The van der Waals surface area contributed by atoms with Gasteiger partial charge in [-0.05, 0) is 74.9 Å². The van der Waals surface area contributed by atoms with Crippen LogP contribution in [0.5, 0.6) is 0 Å². The Hall–Kier alpha value is -3.33. The number of hydrogen-bond acceptors (Lipinski definition) is 4. The van der Waals surface area contributed by atoms with Crippen LogP contribution in [0.2, 0.25) is 5.02 Å². The zero-order valence-electron chi connectivity index (χ0n) is 22.9. The molecule has 41 heavy (non-hydrogen) atoms. The predicted octanol–water partition coefficient (Wildman–Crippen LogP) is 6.76. The summed E-state index contributed by atoms with van der Waals surface area (Å²) in [6, 6.07) is 14.6. The van der Waals surface area contributed by atoms with Gasteiger partial charge >= 0.3 is 6.18 Å². The van der Waals surface area contributed by atoms with Gasteiger partial charge in [0.05, 0.1) is 11.4 Å². The summed E-state index contributed by atoms with van der Waals surface area (Å²) in [6.45, 7) is 0. The SMILES string of the molecule is CN(c1cc(C(F)(F)F)nc2ccc(Cl)cc12)[C@H]1CC[C@@H](NC(=O)[C@H]2CCCC[C@H]2NC(=O)c2ccccc2)CC1. The lowest BCUT2D eigenvalue weighted by Crippen LogP contribution is -2.51. The largest absolute Gasteiger partial charge is 0.433 e. The van der Waals surface area contributed by atoms with E-state index in [-0.39, 0.29) is 41.4 Å². The molecule has 2 aliphatic rings. The summed E-state index contributed by atoms with van der Waals surface area (Å²) in [7, 11) is 1.81. The van der Waals surface area contributed by atoms with E-state index in [1.54, 1.807) is 31.3 Å². The number of aromatic nitrogens is 1. The number of amides is 2. The summed E-state index contributed by atoms with van der Waals surface area (Å²) in [5.41, 5.74) is 0.327. The number of rotatable bonds is 6. The smallest absolute Gasteiger partial charge is 0.371 e. The molecule has 0 saturated heterocycles. The van der Waals surface area contributed by atoms with Gasteiger partial charge in [0.15, 0.2) is 0 Å². The average molecular weight is 587 g/mol. The molecule has 5 rings (SSSR count). The van der Waals surface area contributed by atoms with Crippen molar-refractivity contribution < 1.29 is 22.8 Å². The first kappa shape index (κ1) is 29.2. The highest BCUT2D eigenvalue weighted by atomic mass is 35.5. The van der Waals surface area contributed by atoms with Crippen LogP contribution in [0, 0.1) is 5.92 Å². The molecule has 2 amide bonds. The van der Waals surface area contributed by atoms with Gasteiger partial charge in [-0.3, -0.25) is 9.59 Å². The standard InChI is InChI=1S/C31H34ClF3N4O2/c1-39(27-18-28(31(33,34)35)37-26-16-11-20(32)17-24(26)27)22-14-12-21(13-15-22)36-30(41)23-9-5-6-10-25(23)38-29(40)19-7-3-2-4-8-19/h2-4,7-8,11,16-18,21-23,25H,5-6,9-10,12-15H2,1H3,(H,36,41)(H,38,40)/t21-,22+,23-,25+/m0/s1. The van der Waals surface area contributed by atoms with Crippen LogP contribution in [0.4, 0.5) is 18.9 Å². The number of pyridine rings is 1. The van der Waals surface area contributed by atoms with Crippen LogP contribution in [0.25, 0.3) is 10.9 Å². The fourth-order valence-corrected chi connectivity index (χ4v) is 6.36. The lowest BCUT2D eigenvalue weighted by molar-refractivity contribution is -0.141. The lowest BCUT2D eigenvalue weighted by Gasteiger charge is -2.38. The van der Waals surface area contributed by atoms with Crippen LogP contribution in [-0.2, 0) is 11.0 Å². The summed E-state index contributed by atoms with van der Waals surface area (Å²) in [4.78, 5) is 31.8. The number of benzene rings is 2. The Balaban J connectivity index is 1.22. The summed E-state index contributed by atoms with van der Waals surface area (Å²) in [5.74, 6) is -0.493. The predicted molar refractivity (Wildman–Crippen MR) is 154 cm³/mol. The minimum absolute atomic E-state index is 0.00130. The summed E-state index contributed by atoms with van der Waals surface area (Å²) in [6.07, 6.45) is 1.68. The van der Waals surface area contributed by atoms with Crippen LogP contribution >= 0.6 is 11.6 Å². The number of hydrogen-bond donors (Lipinski definition) is 2. The minimum atomic E-state index is -4.57. The Morgan fingerprint density at radius 1 is 0.927 bits per heavy atom. The Kier molecular flexibility index (Phi) is 8.73. The molecule has 2 N–H and O–H groups in total. The van der Waals surface area contributed by atoms with E-state index in [1.807, 2.05) is 23.1 Å². The molecular weight excluding hydrogens is 553 g/mol. The maximum atomic E-state index is 13.6. The fourth-order valence-electron chi connectivity index (χ4n) is 6.19. The quantitative estimate of drug-likeness (QED) is 0.335. The summed E-state index contributed by atoms with van der Waals surface area (Å²) < 4.78 is 40.9. The van der Waals surface area contributed by atoms with Crippen molar-refractivity contribution in [3.63, 3.8) is 0 Å². The number of nitrogens with one attached hydrogen (secondary N) is 2. The van der Waals surface area contributed by atoms with Crippen molar-refractivity contribution in [2.45, 2.75) is 75.7 Å². The topological polar surface area (TPSA) is 74.3 Å². The maximum absolute atomic E-state index is 13.6. The van der Waals surface area contributed by atoms with E-state index in [0.717, 1.165) is 31.7 Å². The number of carbonyl (C=O) groups excluding carboxylic acids is 2. The molecule has 2 fully saturated rings. The molecule has 0 bridgehead atoms. The van der Waals surface area contributed by atoms with E-state index < -0.39 is 11.9 Å². The van der Waals surface area contributed by atoms with Gasteiger partial charge in [0, 0.05) is 46.8 Å². The Bertz CT molecular complexity index is 1390. The Labute approximate surface area is 242 Å². The van der Waals surface area contributed by atoms with E-state index in [2.05, 4.69) is 15.6 Å². The third kappa shape index (κ3) is 6.77. The highest BCUT2D eigenvalue weighted by Gasteiger charge is 2.36. The number of halogens is 4. The number of carbonyl (C=O) groups is 2. The second-order valence-corrected chi connectivity index (χ2v) is 11.6. The fraction of sp³-hybridized carbons (Fsp3) is 0.452.